The fraction of sp³-hybridized carbons (Fsp3) is 0.889. The van der Waals surface area contributed by atoms with Gasteiger partial charge < -0.3 is 10.2 Å². The number of rotatable bonds is 3. The third kappa shape index (κ3) is 4.67. The molecule has 0 aromatic rings. The lowest BCUT2D eigenvalue weighted by atomic mass is 10.2. The van der Waals surface area contributed by atoms with Crippen LogP contribution in [0.5, 0.6) is 0 Å². The first-order valence-corrected chi connectivity index (χ1v) is 6.98. The molecule has 16 heavy (non-hydrogen) atoms. The summed E-state index contributed by atoms with van der Waals surface area (Å²) in [7, 11) is -3.20. The highest BCUT2D eigenvalue weighted by atomic mass is 35.5. The second-order valence-corrected chi connectivity index (χ2v) is 6.22. The second-order valence-electron chi connectivity index (χ2n) is 3.87. The lowest BCUT2D eigenvalue weighted by Gasteiger charge is -2.31. The van der Waals surface area contributed by atoms with Crippen LogP contribution in [-0.2, 0) is 14.6 Å². The number of carbonyl (C=O) groups is 1. The predicted molar refractivity (Wildman–Crippen MR) is 65.6 cm³/mol. The summed E-state index contributed by atoms with van der Waals surface area (Å²) in [6, 6.07) is 0.243. The van der Waals surface area contributed by atoms with Gasteiger partial charge in [-0.15, -0.1) is 12.4 Å². The molecule has 0 aliphatic carbocycles. The van der Waals surface area contributed by atoms with E-state index >= 15 is 0 Å². The Bertz CT molecular complexity index is 332. The van der Waals surface area contributed by atoms with Crippen molar-refractivity contribution in [2.24, 2.45) is 0 Å². The summed E-state index contributed by atoms with van der Waals surface area (Å²) in [5.74, 6) is -0.596. The van der Waals surface area contributed by atoms with E-state index in [1.165, 1.54) is 0 Å². The van der Waals surface area contributed by atoms with Crippen LogP contribution in [-0.4, -0.2) is 56.4 Å². The Morgan fingerprint density at radius 1 is 1.50 bits per heavy atom. The average Bonchev–Trinajstić information content (AvgIpc) is 2.17. The van der Waals surface area contributed by atoms with E-state index in [0.29, 0.717) is 13.1 Å². The van der Waals surface area contributed by atoms with Crippen molar-refractivity contribution in [1.82, 2.24) is 10.2 Å². The zero-order valence-corrected chi connectivity index (χ0v) is 11.2. The molecule has 1 rings (SSSR count). The van der Waals surface area contributed by atoms with Gasteiger partial charge in [-0.3, -0.25) is 4.79 Å². The number of piperazine rings is 1. The van der Waals surface area contributed by atoms with Crippen molar-refractivity contribution in [2.75, 3.05) is 31.1 Å². The van der Waals surface area contributed by atoms with Crippen LogP contribution in [0.4, 0.5) is 0 Å². The number of nitrogens with one attached hydrogen (secondary N) is 1. The van der Waals surface area contributed by atoms with Crippen molar-refractivity contribution in [2.45, 2.75) is 19.9 Å². The van der Waals surface area contributed by atoms with Crippen LogP contribution in [0.1, 0.15) is 13.8 Å². The molecule has 1 heterocycles. The molecule has 1 aliphatic heterocycles. The normalized spacial score (nSPS) is 21.4. The Morgan fingerprint density at radius 2 is 2.12 bits per heavy atom. The molecule has 1 atom stereocenters. The fourth-order valence-electron chi connectivity index (χ4n) is 1.54. The van der Waals surface area contributed by atoms with Crippen molar-refractivity contribution in [3.63, 3.8) is 0 Å². The van der Waals surface area contributed by atoms with Crippen LogP contribution < -0.4 is 5.32 Å². The summed E-state index contributed by atoms with van der Waals surface area (Å²) in [4.78, 5) is 13.3. The Kier molecular flexibility index (Phi) is 6.28. The predicted octanol–water partition coefficient (Wildman–Crippen LogP) is -0.337. The molecule has 1 saturated heterocycles. The standard InChI is InChI=1S/C9H18N2O3S.ClH/c1-3-15(13,14)7-9(12)11-5-4-10-8(2)6-11;/h8,10H,3-7H2,1-2H3;1H. The molecular formula is C9H19ClN2O3S. The van der Waals surface area contributed by atoms with Crippen LogP contribution in [0.3, 0.4) is 0 Å². The maximum atomic E-state index is 11.6. The summed E-state index contributed by atoms with van der Waals surface area (Å²) >= 11 is 0. The molecule has 0 radical (unpaired) electrons. The lowest BCUT2D eigenvalue weighted by Crippen LogP contribution is -2.52. The SMILES string of the molecule is CCS(=O)(=O)CC(=O)N1CCNC(C)C1.Cl. The molecule has 1 amide bonds. The third-order valence-electron chi connectivity index (χ3n) is 2.50. The van der Waals surface area contributed by atoms with Crippen molar-refractivity contribution in [3.8, 4) is 0 Å². The summed E-state index contributed by atoms with van der Waals surface area (Å²) in [6.07, 6.45) is 0. The lowest BCUT2D eigenvalue weighted by molar-refractivity contribution is -0.129. The third-order valence-corrected chi connectivity index (χ3v) is 4.07. The number of nitrogens with zero attached hydrogens (tertiary/aromatic N) is 1. The van der Waals surface area contributed by atoms with Crippen LogP contribution in [0.2, 0.25) is 0 Å². The van der Waals surface area contributed by atoms with Gasteiger partial charge >= 0.3 is 0 Å². The summed E-state index contributed by atoms with van der Waals surface area (Å²) < 4.78 is 22.5. The molecule has 0 saturated carbocycles. The van der Waals surface area contributed by atoms with E-state index < -0.39 is 9.84 Å². The Morgan fingerprint density at radius 3 is 2.62 bits per heavy atom. The minimum atomic E-state index is -3.20. The Balaban J connectivity index is 0.00000225. The average molecular weight is 271 g/mol. The van der Waals surface area contributed by atoms with Gasteiger partial charge in [0.15, 0.2) is 9.84 Å². The summed E-state index contributed by atoms with van der Waals surface area (Å²) in [6.45, 7) is 5.47. The van der Waals surface area contributed by atoms with Crippen LogP contribution in [0.15, 0.2) is 0 Å². The molecule has 0 aromatic carbocycles. The molecule has 1 unspecified atom stereocenters. The molecule has 0 bridgehead atoms. The Labute approximate surface area is 103 Å². The van der Waals surface area contributed by atoms with Crippen molar-refractivity contribution in [1.29, 1.82) is 0 Å². The number of sulfone groups is 1. The van der Waals surface area contributed by atoms with Gasteiger partial charge in [0.1, 0.15) is 5.75 Å². The maximum Gasteiger partial charge on any atom is 0.237 e. The maximum absolute atomic E-state index is 11.6. The highest BCUT2D eigenvalue weighted by molar-refractivity contribution is 7.92. The van der Waals surface area contributed by atoms with Crippen molar-refractivity contribution in [3.05, 3.63) is 0 Å². The van der Waals surface area contributed by atoms with Gasteiger partial charge in [-0.1, -0.05) is 6.92 Å². The van der Waals surface area contributed by atoms with Gasteiger partial charge in [0.2, 0.25) is 5.91 Å². The van der Waals surface area contributed by atoms with E-state index in [4.69, 9.17) is 0 Å². The first-order chi connectivity index (χ1) is 6.94. The highest BCUT2D eigenvalue weighted by Gasteiger charge is 2.23. The van der Waals surface area contributed by atoms with Crippen LogP contribution >= 0.6 is 12.4 Å². The fourth-order valence-corrected chi connectivity index (χ4v) is 2.30. The largest absolute Gasteiger partial charge is 0.339 e. The minimum absolute atomic E-state index is 0. The zero-order valence-electron chi connectivity index (χ0n) is 9.60. The van der Waals surface area contributed by atoms with Gasteiger partial charge in [-0.2, -0.15) is 0 Å². The molecule has 1 fully saturated rings. The van der Waals surface area contributed by atoms with Crippen molar-refractivity contribution < 1.29 is 13.2 Å². The van der Waals surface area contributed by atoms with Gasteiger partial charge in [0, 0.05) is 31.4 Å². The van der Waals surface area contributed by atoms with Crippen molar-refractivity contribution >= 4 is 28.2 Å². The first kappa shape index (κ1) is 15.7. The van der Waals surface area contributed by atoms with Gasteiger partial charge in [0.05, 0.1) is 0 Å². The van der Waals surface area contributed by atoms with E-state index in [9.17, 15) is 13.2 Å². The highest BCUT2D eigenvalue weighted by Crippen LogP contribution is 2.01. The van der Waals surface area contributed by atoms with E-state index in [1.807, 2.05) is 6.92 Å². The molecular weight excluding hydrogens is 252 g/mol. The van der Waals surface area contributed by atoms with Gasteiger partial charge in [-0.05, 0) is 6.92 Å². The number of halogens is 1. The number of carbonyl (C=O) groups excluding carboxylic acids is 1. The molecule has 7 heteroatoms. The molecule has 0 spiro atoms. The molecule has 1 aliphatic rings. The summed E-state index contributed by atoms with van der Waals surface area (Å²) in [5.41, 5.74) is 0. The van der Waals surface area contributed by atoms with E-state index in [2.05, 4.69) is 5.32 Å². The van der Waals surface area contributed by atoms with E-state index in [-0.39, 0.29) is 35.9 Å². The van der Waals surface area contributed by atoms with E-state index in [1.54, 1.807) is 11.8 Å². The van der Waals surface area contributed by atoms with Crippen LogP contribution in [0, 0.1) is 0 Å². The van der Waals surface area contributed by atoms with Gasteiger partial charge in [-0.25, -0.2) is 8.42 Å². The van der Waals surface area contributed by atoms with E-state index in [0.717, 1.165) is 6.54 Å². The number of hydrogen-bond acceptors (Lipinski definition) is 4. The quantitative estimate of drug-likeness (QED) is 0.762. The number of amides is 1. The monoisotopic (exact) mass is 270 g/mol. The Hall–Kier alpha value is -0.330. The minimum Gasteiger partial charge on any atom is -0.339 e. The molecule has 5 nitrogen and oxygen atoms in total. The second kappa shape index (κ2) is 6.42. The molecule has 0 aromatic heterocycles. The first-order valence-electron chi connectivity index (χ1n) is 5.16. The summed E-state index contributed by atoms with van der Waals surface area (Å²) in [5, 5.41) is 3.20. The molecule has 1 N–H and O–H groups in total. The topological polar surface area (TPSA) is 66.5 Å². The smallest absolute Gasteiger partial charge is 0.237 e. The van der Waals surface area contributed by atoms with Crippen LogP contribution in [0.25, 0.3) is 0 Å². The zero-order chi connectivity index (χ0) is 11.5. The van der Waals surface area contributed by atoms with Gasteiger partial charge in [0.25, 0.3) is 0 Å². The number of hydrogen-bond donors (Lipinski definition) is 1. The molecule has 96 valence electrons.